The highest BCUT2D eigenvalue weighted by Crippen LogP contribution is 2.26. The molecule has 104 valence electrons. The van der Waals surface area contributed by atoms with Crippen LogP contribution >= 0.6 is 11.3 Å². The van der Waals surface area contributed by atoms with Crippen LogP contribution in [0.2, 0.25) is 0 Å². The largest absolute Gasteiger partial charge is 0.398 e. The Morgan fingerprint density at radius 3 is 2.63 bits per heavy atom. The Kier molecular flexibility index (Phi) is 3.66. The van der Waals surface area contributed by atoms with Crippen molar-refractivity contribution in [2.45, 2.75) is 24.6 Å². The number of rotatable bonds is 4. The molecule has 2 heterocycles. The second-order valence-electron chi connectivity index (χ2n) is 4.26. The van der Waals surface area contributed by atoms with Gasteiger partial charge in [0.2, 0.25) is 0 Å². The SMILES string of the molecule is Cc1noc(C)c1CN(C)S(=O)(=O)c1cc(N)cs1. The molecule has 0 unspecified atom stereocenters. The summed E-state index contributed by atoms with van der Waals surface area (Å²) in [6.07, 6.45) is 0. The monoisotopic (exact) mass is 301 g/mol. The van der Waals surface area contributed by atoms with E-state index in [2.05, 4.69) is 5.16 Å². The standard InChI is InChI=1S/C11H15N3O3S2/c1-7-10(8(2)17-13-7)5-14(3)19(15,16)11-4-9(12)6-18-11/h4,6H,5,12H2,1-3H3. The molecule has 0 aliphatic rings. The van der Waals surface area contributed by atoms with Crippen LogP contribution in [0.5, 0.6) is 0 Å². The third-order valence-electron chi connectivity index (χ3n) is 2.82. The van der Waals surface area contributed by atoms with Crippen molar-refractivity contribution in [3.63, 3.8) is 0 Å². The number of aryl methyl sites for hydroxylation is 2. The molecular weight excluding hydrogens is 286 g/mol. The lowest BCUT2D eigenvalue weighted by molar-refractivity contribution is 0.390. The molecule has 0 bridgehead atoms. The van der Waals surface area contributed by atoms with Crippen molar-refractivity contribution in [3.05, 3.63) is 28.5 Å². The van der Waals surface area contributed by atoms with Gasteiger partial charge in [-0.1, -0.05) is 5.16 Å². The van der Waals surface area contributed by atoms with Gasteiger partial charge in [-0.25, -0.2) is 8.42 Å². The van der Waals surface area contributed by atoms with Crippen LogP contribution in [0.3, 0.4) is 0 Å². The fourth-order valence-electron chi connectivity index (χ4n) is 1.65. The fourth-order valence-corrected chi connectivity index (χ4v) is 4.08. The summed E-state index contributed by atoms with van der Waals surface area (Å²) in [5.41, 5.74) is 7.50. The van der Waals surface area contributed by atoms with E-state index in [0.29, 0.717) is 17.1 Å². The minimum Gasteiger partial charge on any atom is -0.398 e. The summed E-state index contributed by atoms with van der Waals surface area (Å²) in [6, 6.07) is 1.46. The molecule has 0 aliphatic carbocycles. The summed E-state index contributed by atoms with van der Waals surface area (Å²) in [5, 5.41) is 5.42. The number of thiophene rings is 1. The predicted molar refractivity (Wildman–Crippen MR) is 73.4 cm³/mol. The van der Waals surface area contributed by atoms with Gasteiger partial charge in [0, 0.05) is 30.2 Å². The Bertz CT molecular complexity index is 668. The average molecular weight is 301 g/mol. The lowest BCUT2D eigenvalue weighted by Gasteiger charge is -2.15. The van der Waals surface area contributed by atoms with Crippen LogP contribution in [-0.4, -0.2) is 24.9 Å². The van der Waals surface area contributed by atoms with E-state index in [1.807, 2.05) is 0 Å². The first-order chi connectivity index (χ1) is 8.82. The summed E-state index contributed by atoms with van der Waals surface area (Å²) in [7, 11) is -2.00. The van der Waals surface area contributed by atoms with Crippen molar-refractivity contribution in [1.82, 2.24) is 9.46 Å². The van der Waals surface area contributed by atoms with E-state index in [1.54, 1.807) is 19.2 Å². The summed E-state index contributed by atoms with van der Waals surface area (Å²) in [4.78, 5) is 0. The van der Waals surface area contributed by atoms with Gasteiger partial charge in [-0.15, -0.1) is 11.3 Å². The van der Waals surface area contributed by atoms with Gasteiger partial charge in [-0.05, 0) is 19.9 Å². The van der Waals surface area contributed by atoms with Crippen molar-refractivity contribution >= 4 is 27.0 Å². The summed E-state index contributed by atoms with van der Waals surface area (Å²) < 4.78 is 31.2. The van der Waals surface area contributed by atoms with E-state index in [0.717, 1.165) is 16.9 Å². The third kappa shape index (κ3) is 2.65. The molecular formula is C11H15N3O3S2. The zero-order chi connectivity index (χ0) is 14.2. The van der Waals surface area contributed by atoms with Gasteiger partial charge in [0.05, 0.1) is 5.69 Å². The summed E-state index contributed by atoms with van der Waals surface area (Å²) in [5.74, 6) is 0.630. The molecule has 2 N–H and O–H groups in total. The van der Waals surface area contributed by atoms with Gasteiger partial charge < -0.3 is 10.3 Å². The van der Waals surface area contributed by atoms with E-state index in [9.17, 15) is 8.42 Å². The number of aromatic nitrogens is 1. The molecule has 2 aromatic rings. The predicted octanol–water partition coefficient (Wildman–Crippen LogP) is 1.76. The molecule has 0 radical (unpaired) electrons. The smallest absolute Gasteiger partial charge is 0.252 e. The maximum atomic E-state index is 12.3. The molecule has 0 saturated carbocycles. The van der Waals surface area contributed by atoms with E-state index >= 15 is 0 Å². The van der Waals surface area contributed by atoms with Gasteiger partial charge in [0.25, 0.3) is 10.0 Å². The van der Waals surface area contributed by atoms with Crippen LogP contribution in [0, 0.1) is 13.8 Å². The maximum Gasteiger partial charge on any atom is 0.252 e. The Hall–Kier alpha value is -1.38. The normalized spacial score (nSPS) is 12.2. The van der Waals surface area contributed by atoms with E-state index < -0.39 is 10.0 Å². The first-order valence-corrected chi connectivity index (χ1v) is 7.86. The number of hydrogen-bond donors (Lipinski definition) is 1. The molecule has 0 spiro atoms. The van der Waals surface area contributed by atoms with Gasteiger partial charge in [-0.2, -0.15) is 4.31 Å². The molecule has 0 saturated heterocycles. The highest BCUT2D eigenvalue weighted by atomic mass is 32.2. The average Bonchev–Trinajstić information content (AvgIpc) is 2.90. The summed E-state index contributed by atoms with van der Waals surface area (Å²) in [6.45, 7) is 3.77. The molecule has 0 aliphatic heterocycles. The van der Waals surface area contributed by atoms with Crippen LogP contribution in [0.15, 0.2) is 20.2 Å². The Labute approximate surface area is 115 Å². The molecule has 0 amide bonds. The van der Waals surface area contributed by atoms with Crippen molar-refractivity contribution in [2.75, 3.05) is 12.8 Å². The van der Waals surface area contributed by atoms with Gasteiger partial charge >= 0.3 is 0 Å². The molecule has 6 nitrogen and oxygen atoms in total. The Balaban J connectivity index is 2.27. The van der Waals surface area contributed by atoms with E-state index in [4.69, 9.17) is 10.3 Å². The zero-order valence-corrected chi connectivity index (χ0v) is 12.5. The van der Waals surface area contributed by atoms with Crippen molar-refractivity contribution in [3.8, 4) is 0 Å². The van der Waals surface area contributed by atoms with E-state index in [-0.39, 0.29) is 10.8 Å². The van der Waals surface area contributed by atoms with Crippen LogP contribution in [0.1, 0.15) is 17.0 Å². The lowest BCUT2D eigenvalue weighted by Crippen LogP contribution is -2.26. The maximum absolute atomic E-state index is 12.3. The number of nitrogens with two attached hydrogens (primary N) is 1. The third-order valence-corrected chi connectivity index (χ3v) is 6.06. The molecule has 0 aromatic carbocycles. The number of nitrogen functional groups attached to an aromatic ring is 1. The number of hydrogen-bond acceptors (Lipinski definition) is 6. The number of nitrogens with zero attached hydrogens (tertiary/aromatic N) is 2. The Morgan fingerprint density at radius 1 is 1.47 bits per heavy atom. The van der Waals surface area contributed by atoms with Crippen LogP contribution in [0.4, 0.5) is 5.69 Å². The zero-order valence-electron chi connectivity index (χ0n) is 10.9. The van der Waals surface area contributed by atoms with Gasteiger partial charge in [0.15, 0.2) is 0 Å². The number of anilines is 1. The minimum atomic E-state index is -3.53. The highest BCUT2D eigenvalue weighted by Gasteiger charge is 2.24. The summed E-state index contributed by atoms with van der Waals surface area (Å²) >= 11 is 1.11. The van der Waals surface area contributed by atoms with Gasteiger partial charge in [-0.3, -0.25) is 0 Å². The highest BCUT2D eigenvalue weighted by molar-refractivity contribution is 7.91. The first-order valence-electron chi connectivity index (χ1n) is 5.54. The first kappa shape index (κ1) is 14.0. The Morgan fingerprint density at radius 2 is 2.16 bits per heavy atom. The topological polar surface area (TPSA) is 89.4 Å². The molecule has 2 rings (SSSR count). The second-order valence-corrected chi connectivity index (χ2v) is 7.45. The molecule has 8 heteroatoms. The molecule has 2 aromatic heterocycles. The van der Waals surface area contributed by atoms with Crippen LogP contribution in [0.25, 0.3) is 0 Å². The quantitative estimate of drug-likeness (QED) is 0.929. The van der Waals surface area contributed by atoms with Crippen molar-refractivity contribution in [2.24, 2.45) is 0 Å². The van der Waals surface area contributed by atoms with E-state index in [1.165, 1.54) is 17.4 Å². The van der Waals surface area contributed by atoms with Crippen molar-refractivity contribution < 1.29 is 12.9 Å². The molecule has 0 atom stereocenters. The second kappa shape index (κ2) is 4.95. The molecule has 0 fully saturated rings. The lowest BCUT2D eigenvalue weighted by atomic mass is 10.2. The minimum absolute atomic E-state index is 0.224. The van der Waals surface area contributed by atoms with Crippen LogP contribution < -0.4 is 5.73 Å². The fraction of sp³-hybridized carbons (Fsp3) is 0.364. The number of sulfonamides is 1. The molecule has 19 heavy (non-hydrogen) atoms. The van der Waals surface area contributed by atoms with Crippen molar-refractivity contribution in [1.29, 1.82) is 0 Å². The van der Waals surface area contributed by atoms with Crippen LogP contribution in [-0.2, 0) is 16.6 Å². The van der Waals surface area contributed by atoms with Gasteiger partial charge in [0.1, 0.15) is 9.97 Å².